The van der Waals surface area contributed by atoms with Crippen molar-refractivity contribution in [2.75, 3.05) is 0 Å². The molecule has 0 radical (unpaired) electrons. The zero-order valence-electron chi connectivity index (χ0n) is 11.9. The topological polar surface area (TPSA) is 82.8 Å². The van der Waals surface area contributed by atoms with Crippen LogP contribution < -0.4 is 11.3 Å². The lowest BCUT2D eigenvalue weighted by molar-refractivity contribution is -0.399. The third kappa shape index (κ3) is 10.6. The van der Waals surface area contributed by atoms with Crippen LogP contribution in [0.4, 0.5) is 4.79 Å². The van der Waals surface area contributed by atoms with Crippen molar-refractivity contribution < 1.29 is 19.3 Å². The highest BCUT2D eigenvalue weighted by molar-refractivity contribution is 5.85. The molecule has 0 spiro atoms. The molecule has 1 atom stereocenters. The molecule has 0 aromatic heterocycles. The maximum atomic E-state index is 10.9. The van der Waals surface area contributed by atoms with E-state index in [0.29, 0.717) is 6.42 Å². The molecule has 0 aliphatic rings. The Morgan fingerprint density at radius 2 is 1.72 bits per heavy atom. The van der Waals surface area contributed by atoms with E-state index in [1.807, 2.05) is 40.0 Å². The van der Waals surface area contributed by atoms with Crippen LogP contribution in [0.3, 0.4) is 0 Å². The summed E-state index contributed by atoms with van der Waals surface area (Å²) in [6.45, 7) is 11.2. The maximum Gasteiger partial charge on any atom is 0.421 e. The minimum atomic E-state index is -0.662. The van der Waals surface area contributed by atoms with E-state index in [-0.39, 0.29) is 24.1 Å². The second-order valence-corrected chi connectivity index (χ2v) is 5.60. The van der Waals surface area contributed by atoms with Crippen molar-refractivity contribution >= 4 is 18.5 Å². The summed E-state index contributed by atoms with van der Waals surface area (Å²) in [5.74, 6) is 4.92. The molecule has 6 nitrogen and oxygen atoms in total. The Hall–Kier alpha value is -0.560. The summed E-state index contributed by atoms with van der Waals surface area (Å²) in [4.78, 5) is 21.5. The van der Waals surface area contributed by atoms with Crippen LogP contribution in [0.25, 0.3) is 0 Å². The van der Waals surface area contributed by atoms with E-state index >= 15 is 0 Å². The SMILES string of the molecule is CC(CC(C)(C)OOC(C)(C)C)OC(=O)NN.Cl. The number of nitrogens with two attached hydrogens (primary N) is 1. The van der Waals surface area contributed by atoms with E-state index < -0.39 is 11.7 Å². The summed E-state index contributed by atoms with van der Waals surface area (Å²) in [6, 6.07) is 0. The monoisotopic (exact) mass is 284 g/mol. The fraction of sp³-hybridized carbons (Fsp3) is 0.909. The van der Waals surface area contributed by atoms with Crippen LogP contribution in [0.1, 0.15) is 48.0 Å². The second kappa shape index (κ2) is 7.78. The van der Waals surface area contributed by atoms with E-state index in [1.165, 1.54) is 0 Å². The average Bonchev–Trinajstić information content (AvgIpc) is 2.12. The largest absolute Gasteiger partial charge is 0.445 e. The van der Waals surface area contributed by atoms with Gasteiger partial charge in [0.15, 0.2) is 0 Å². The molecule has 1 amide bonds. The molecule has 7 heteroatoms. The van der Waals surface area contributed by atoms with Gasteiger partial charge in [-0.1, -0.05) is 0 Å². The van der Waals surface area contributed by atoms with Crippen LogP contribution in [0.2, 0.25) is 0 Å². The fourth-order valence-electron chi connectivity index (χ4n) is 1.22. The minimum Gasteiger partial charge on any atom is -0.445 e. The van der Waals surface area contributed by atoms with Crippen molar-refractivity contribution in [2.24, 2.45) is 5.84 Å². The normalized spacial score (nSPS) is 13.5. The van der Waals surface area contributed by atoms with Gasteiger partial charge in [-0.25, -0.2) is 20.4 Å². The lowest BCUT2D eigenvalue weighted by Crippen LogP contribution is -2.37. The second-order valence-electron chi connectivity index (χ2n) is 5.60. The first kappa shape index (κ1) is 19.8. The molecule has 3 N–H and O–H groups in total. The van der Waals surface area contributed by atoms with Crippen LogP contribution in [-0.4, -0.2) is 23.4 Å². The Morgan fingerprint density at radius 3 is 2.11 bits per heavy atom. The fourth-order valence-corrected chi connectivity index (χ4v) is 1.22. The molecule has 0 saturated heterocycles. The number of carbonyl (C=O) groups is 1. The molecular formula is C11H25ClN2O4. The number of rotatable bonds is 5. The van der Waals surface area contributed by atoms with Gasteiger partial charge in [0.1, 0.15) is 11.7 Å². The lowest BCUT2D eigenvalue weighted by atomic mass is 10.0. The first-order chi connectivity index (χ1) is 7.56. The van der Waals surface area contributed by atoms with Crippen molar-refractivity contribution in [1.82, 2.24) is 5.43 Å². The van der Waals surface area contributed by atoms with Crippen LogP contribution >= 0.6 is 12.4 Å². The zero-order chi connectivity index (χ0) is 13.7. The Labute approximate surface area is 115 Å². The predicted molar refractivity (Wildman–Crippen MR) is 71.1 cm³/mol. The predicted octanol–water partition coefficient (Wildman–Crippen LogP) is 2.31. The molecule has 0 bridgehead atoms. The molecule has 0 aliphatic heterocycles. The standard InChI is InChI=1S/C11H24N2O4.ClH/c1-8(15-9(14)13-12)7-11(5,6)17-16-10(2,3)4;/h8H,7,12H2,1-6H3,(H,13,14);1H. The van der Waals surface area contributed by atoms with Gasteiger partial charge in [0, 0.05) is 6.42 Å². The third-order valence-electron chi connectivity index (χ3n) is 1.72. The number of halogens is 1. The van der Waals surface area contributed by atoms with Crippen LogP contribution in [-0.2, 0) is 14.5 Å². The van der Waals surface area contributed by atoms with E-state index in [1.54, 1.807) is 6.92 Å². The van der Waals surface area contributed by atoms with Gasteiger partial charge in [-0.05, 0) is 41.5 Å². The molecule has 0 rings (SSSR count). The van der Waals surface area contributed by atoms with E-state index in [0.717, 1.165) is 0 Å². The van der Waals surface area contributed by atoms with Gasteiger partial charge in [-0.3, -0.25) is 5.43 Å². The van der Waals surface area contributed by atoms with Gasteiger partial charge in [-0.2, -0.15) is 0 Å². The van der Waals surface area contributed by atoms with Gasteiger partial charge in [0.25, 0.3) is 0 Å². The molecule has 18 heavy (non-hydrogen) atoms. The number of hydrogen-bond donors (Lipinski definition) is 2. The van der Waals surface area contributed by atoms with Crippen LogP contribution in [0, 0.1) is 0 Å². The van der Waals surface area contributed by atoms with Crippen molar-refractivity contribution in [3.05, 3.63) is 0 Å². The van der Waals surface area contributed by atoms with Gasteiger partial charge in [-0.15, -0.1) is 12.4 Å². The van der Waals surface area contributed by atoms with Gasteiger partial charge < -0.3 is 4.74 Å². The third-order valence-corrected chi connectivity index (χ3v) is 1.72. The Morgan fingerprint density at radius 1 is 1.22 bits per heavy atom. The van der Waals surface area contributed by atoms with Crippen LogP contribution in [0.15, 0.2) is 0 Å². The first-order valence-electron chi connectivity index (χ1n) is 5.60. The Bertz CT molecular complexity index is 254. The molecule has 0 heterocycles. The van der Waals surface area contributed by atoms with Gasteiger partial charge in [0.05, 0.1) is 5.60 Å². The summed E-state index contributed by atoms with van der Waals surface area (Å²) >= 11 is 0. The average molecular weight is 285 g/mol. The Balaban J connectivity index is 0. The number of carbonyl (C=O) groups excluding carboxylic acids is 1. The van der Waals surface area contributed by atoms with Crippen molar-refractivity contribution in [2.45, 2.75) is 65.3 Å². The number of ether oxygens (including phenoxy) is 1. The summed E-state index contributed by atoms with van der Waals surface area (Å²) in [7, 11) is 0. The molecule has 0 aliphatic carbocycles. The molecule has 1 unspecified atom stereocenters. The van der Waals surface area contributed by atoms with Crippen LogP contribution in [0.5, 0.6) is 0 Å². The quantitative estimate of drug-likeness (QED) is 0.350. The highest BCUT2D eigenvalue weighted by atomic mass is 35.5. The molecule has 110 valence electrons. The number of hydrogen-bond acceptors (Lipinski definition) is 5. The van der Waals surface area contributed by atoms with E-state index in [4.69, 9.17) is 20.4 Å². The first-order valence-corrected chi connectivity index (χ1v) is 5.60. The summed E-state index contributed by atoms with van der Waals surface area (Å²) in [5, 5.41) is 0. The minimum absolute atomic E-state index is 0. The molecular weight excluding hydrogens is 260 g/mol. The van der Waals surface area contributed by atoms with Crippen molar-refractivity contribution in [3.63, 3.8) is 0 Å². The van der Waals surface area contributed by atoms with Crippen molar-refractivity contribution in [3.8, 4) is 0 Å². The zero-order valence-corrected chi connectivity index (χ0v) is 12.7. The number of nitrogens with one attached hydrogen (secondary N) is 1. The molecule has 0 fully saturated rings. The highest BCUT2D eigenvalue weighted by Crippen LogP contribution is 2.22. The molecule has 0 saturated carbocycles. The van der Waals surface area contributed by atoms with Gasteiger partial charge >= 0.3 is 6.09 Å². The molecule has 0 aromatic carbocycles. The molecule has 0 aromatic rings. The smallest absolute Gasteiger partial charge is 0.421 e. The Kier molecular flexibility index (Phi) is 8.55. The van der Waals surface area contributed by atoms with E-state index in [9.17, 15) is 4.79 Å². The number of hydrazine groups is 1. The summed E-state index contributed by atoms with van der Waals surface area (Å²) < 4.78 is 4.96. The highest BCUT2D eigenvalue weighted by Gasteiger charge is 2.27. The lowest BCUT2D eigenvalue weighted by Gasteiger charge is -2.30. The summed E-state index contributed by atoms with van der Waals surface area (Å²) in [5.41, 5.74) is 0.972. The summed E-state index contributed by atoms with van der Waals surface area (Å²) in [6.07, 6.45) is -0.488. The number of amides is 1. The van der Waals surface area contributed by atoms with Gasteiger partial charge in [0.2, 0.25) is 0 Å². The maximum absolute atomic E-state index is 10.9. The van der Waals surface area contributed by atoms with E-state index in [2.05, 4.69) is 0 Å². The van der Waals surface area contributed by atoms with Crippen molar-refractivity contribution in [1.29, 1.82) is 0 Å².